The van der Waals surface area contributed by atoms with Crippen molar-refractivity contribution < 1.29 is 14.5 Å². The second-order valence-electron chi connectivity index (χ2n) is 7.30. The third-order valence-corrected chi connectivity index (χ3v) is 5.63. The van der Waals surface area contributed by atoms with Crippen LogP contribution in [0.25, 0.3) is 21.5 Å². The van der Waals surface area contributed by atoms with Crippen LogP contribution in [0, 0.1) is 0 Å². The first-order valence-electron chi connectivity index (χ1n) is 9.21. The van der Waals surface area contributed by atoms with Crippen molar-refractivity contribution in [2.24, 2.45) is 0 Å². The maximum absolute atomic E-state index is 6.17. The smallest absolute Gasteiger partial charge is 0.218 e. The van der Waals surface area contributed by atoms with Crippen molar-refractivity contribution in [3.63, 3.8) is 0 Å². The molecule has 3 nitrogen and oxygen atoms in total. The Morgan fingerprint density at radius 1 is 0.800 bits per heavy atom. The minimum atomic E-state index is -0.470. The number of ether oxygens (including phenoxy) is 1. The van der Waals surface area contributed by atoms with E-state index >= 15 is 0 Å². The Bertz CT molecular complexity index is 901. The molecule has 2 fully saturated rings. The molecule has 3 aromatic rings. The highest BCUT2D eigenvalue weighted by Crippen LogP contribution is 2.41. The minimum Gasteiger partial charge on any atom is -0.343 e. The zero-order valence-electron chi connectivity index (χ0n) is 14.2. The summed E-state index contributed by atoms with van der Waals surface area (Å²) < 4.78 is 6.17. The molecule has 1 aliphatic heterocycles. The minimum absolute atomic E-state index is 0.235. The Morgan fingerprint density at radius 2 is 1.52 bits per heavy atom. The molecule has 1 unspecified atom stereocenters. The van der Waals surface area contributed by atoms with Crippen molar-refractivity contribution in [1.82, 2.24) is 0 Å². The zero-order valence-corrected chi connectivity index (χ0v) is 14.2. The van der Waals surface area contributed by atoms with E-state index in [1.165, 1.54) is 35.4 Å². The zero-order chi connectivity index (χ0) is 16.7. The Kier molecular flexibility index (Phi) is 3.74. The first kappa shape index (κ1) is 15.3. The summed E-state index contributed by atoms with van der Waals surface area (Å²) in [5.74, 6) is 0. The van der Waals surface area contributed by atoms with Crippen molar-refractivity contribution in [3.05, 3.63) is 60.2 Å². The summed E-state index contributed by atoms with van der Waals surface area (Å²) >= 11 is 0. The molecule has 0 aromatic heterocycles. The fourth-order valence-electron chi connectivity index (χ4n) is 4.27. The lowest BCUT2D eigenvalue weighted by atomic mass is 9.85. The van der Waals surface area contributed by atoms with Crippen LogP contribution in [0.4, 0.5) is 0 Å². The largest absolute Gasteiger partial charge is 0.343 e. The summed E-state index contributed by atoms with van der Waals surface area (Å²) in [5.41, 5.74) is 0.807. The van der Waals surface area contributed by atoms with Gasteiger partial charge in [-0.15, -0.1) is 0 Å². The number of fused-ring (bicyclic) bond motifs is 3. The first-order valence-corrected chi connectivity index (χ1v) is 9.21. The third-order valence-electron chi connectivity index (χ3n) is 5.63. The molecule has 3 heteroatoms. The van der Waals surface area contributed by atoms with Crippen LogP contribution in [0.2, 0.25) is 0 Å². The van der Waals surface area contributed by atoms with Gasteiger partial charge in [0.15, 0.2) is 0 Å². The Hall–Kier alpha value is -1.94. The van der Waals surface area contributed by atoms with E-state index in [-0.39, 0.29) is 5.60 Å². The van der Waals surface area contributed by atoms with Gasteiger partial charge in [0.05, 0.1) is 6.61 Å². The van der Waals surface area contributed by atoms with Gasteiger partial charge >= 0.3 is 0 Å². The quantitative estimate of drug-likeness (QED) is 0.424. The van der Waals surface area contributed by atoms with E-state index in [9.17, 15) is 0 Å². The van der Waals surface area contributed by atoms with Crippen LogP contribution in [0.5, 0.6) is 0 Å². The molecule has 2 aliphatic rings. The van der Waals surface area contributed by atoms with Crippen LogP contribution >= 0.6 is 0 Å². The summed E-state index contributed by atoms with van der Waals surface area (Å²) in [5, 5.41) is 4.83. The predicted octanol–water partition coefficient (Wildman–Crippen LogP) is 5.67. The van der Waals surface area contributed by atoms with Gasteiger partial charge in [0, 0.05) is 5.56 Å². The Balaban J connectivity index is 1.54. The lowest BCUT2D eigenvalue weighted by Crippen LogP contribution is -2.44. The van der Waals surface area contributed by atoms with Crippen molar-refractivity contribution in [3.8, 4) is 0 Å². The SMILES string of the molecule is c1ccc2c(c1)cc(C1OCC3(CCCCC3)OO1)c1ccccc12. The van der Waals surface area contributed by atoms with Crippen LogP contribution < -0.4 is 0 Å². The summed E-state index contributed by atoms with van der Waals surface area (Å²) in [7, 11) is 0. The van der Waals surface area contributed by atoms with Crippen LogP contribution in [0.3, 0.4) is 0 Å². The monoisotopic (exact) mass is 334 g/mol. The van der Waals surface area contributed by atoms with Gasteiger partial charge < -0.3 is 4.74 Å². The fourth-order valence-corrected chi connectivity index (χ4v) is 4.27. The van der Waals surface area contributed by atoms with E-state index < -0.39 is 6.29 Å². The molecule has 1 saturated carbocycles. The third kappa shape index (κ3) is 2.63. The van der Waals surface area contributed by atoms with E-state index in [2.05, 4.69) is 54.6 Å². The second kappa shape index (κ2) is 6.10. The lowest BCUT2D eigenvalue weighted by molar-refractivity contribution is -0.479. The number of hydrogen-bond donors (Lipinski definition) is 0. The van der Waals surface area contributed by atoms with Crippen LogP contribution in [-0.2, 0) is 14.5 Å². The molecule has 0 radical (unpaired) electrons. The molecular weight excluding hydrogens is 312 g/mol. The molecule has 1 aliphatic carbocycles. The van der Waals surface area contributed by atoms with Crippen molar-refractivity contribution in [2.75, 3.05) is 6.61 Å². The molecule has 3 aromatic carbocycles. The van der Waals surface area contributed by atoms with Crippen LogP contribution in [-0.4, -0.2) is 12.2 Å². The molecule has 1 saturated heterocycles. The summed E-state index contributed by atoms with van der Waals surface area (Å²) in [6.45, 7) is 0.610. The maximum atomic E-state index is 6.17. The van der Waals surface area contributed by atoms with Gasteiger partial charge in [-0.1, -0.05) is 67.8 Å². The van der Waals surface area contributed by atoms with Gasteiger partial charge in [-0.25, -0.2) is 4.89 Å². The molecule has 25 heavy (non-hydrogen) atoms. The molecule has 1 spiro atoms. The molecule has 1 atom stereocenters. The molecule has 5 rings (SSSR count). The molecule has 0 bridgehead atoms. The van der Waals surface area contributed by atoms with Gasteiger partial charge in [0.1, 0.15) is 5.60 Å². The summed E-state index contributed by atoms with van der Waals surface area (Å²) in [4.78, 5) is 11.7. The van der Waals surface area contributed by atoms with E-state index in [1.807, 2.05) is 0 Å². The highest BCUT2D eigenvalue weighted by molar-refractivity contribution is 6.09. The van der Waals surface area contributed by atoms with Crippen LogP contribution in [0.15, 0.2) is 54.6 Å². The standard InChI is InChI=1S/C22H22O3/c1-6-12-22(13-7-1)15-23-21(24-25-22)20-14-16-8-2-3-9-17(16)18-10-4-5-11-19(18)20/h2-5,8-11,14,21H,1,6-7,12-13,15H2. The Morgan fingerprint density at radius 3 is 2.28 bits per heavy atom. The van der Waals surface area contributed by atoms with E-state index in [0.717, 1.165) is 23.8 Å². The highest BCUT2D eigenvalue weighted by atomic mass is 17.2. The van der Waals surface area contributed by atoms with E-state index in [0.29, 0.717) is 6.61 Å². The summed E-state index contributed by atoms with van der Waals surface area (Å²) in [6.07, 6.45) is 5.24. The molecule has 1 heterocycles. The van der Waals surface area contributed by atoms with Gasteiger partial charge in [-0.2, -0.15) is 4.89 Å². The van der Waals surface area contributed by atoms with E-state index in [1.54, 1.807) is 0 Å². The first-order chi connectivity index (χ1) is 12.3. The van der Waals surface area contributed by atoms with Crippen molar-refractivity contribution >= 4 is 21.5 Å². The molecule has 128 valence electrons. The summed E-state index contributed by atoms with van der Waals surface area (Å²) in [6, 6.07) is 19.1. The highest BCUT2D eigenvalue weighted by Gasteiger charge is 2.40. The Labute approximate surface area is 147 Å². The number of rotatable bonds is 1. The maximum Gasteiger partial charge on any atom is 0.218 e. The average molecular weight is 334 g/mol. The predicted molar refractivity (Wildman–Crippen MR) is 98.1 cm³/mol. The molecule has 0 N–H and O–H groups in total. The topological polar surface area (TPSA) is 27.7 Å². The average Bonchev–Trinajstić information content (AvgIpc) is 2.69. The van der Waals surface area contributed by atoms with Crippen molar-refractivity contribution in [2.45, 2.75) is 44.0 Å². The fraction of sp³-hybridized carbons (Fsp3) is 0.364. The normalized spacial score (nSPS) is 23.3. The van der Waals surface area contributed by atoms with Crippen LogP contribution in [0.1, 0.15) is 44.0 Å². The number of benzene rings is 3. The molecular formula is C22H22O3. The molecule has 0 amide bonds. The van der Waals surface area contributed by atoms with Crippen molar-refractivity contribution in [1.29, 1.82) is 0 Å². The van der Waals surface area contributed by atoms with Gasteiger partial charge in [-0.05, 0) is 40.5 Å². The number of hydrogen-bond acceptors (Lipinski definition) is 3. The van der Waals surface area contributed by atoms with Gasteiger partial charge in [0.25, 0.3) is 0 Å². The van der Waals surface area contributed by atoms with Gasteiger partial charge in [0.2, 0.25) is 6.29 Å². The van der Waals surface area contributed by atoms with Gasteiger partial charge in [-0.3, -0.25) is 0 Å². The lowest BCUT2D eigenvalue weighted by Gasteiger charge is -2.41. The second-order valence-corrected chi connectivity index (χ2v) is 7.30. The van der Waals surface area contributed by atoms with E-state index in [4.69, 9.17) is 14.5 Å².